The van der Waals surface area contributed by atoms with Crippen LogP contribution in [0.25, 0.3) is 0 Å². The number of rotatable bonds is 6. The highest BCUT2D eigenvalue weighted by Gasteiger charge is 2.08. The van der Waals surface area contributed by atoms with Crippen LogP contribution in [0.2, 0.25) is 0 Å². The van der Waals surface area contributed by atoms with Crippen LogP contribution in [0.3, 0.4) is 0 Å². The summed E-state index contributed by atoms with van der Waals surface area (Å²) in [7, 11) is 1.62. The molecular formula is C13H17NO2. The van der Waals surface area contributed by atoms with E-state index >= 15 is 0 Å². The van der Waals surface area contributed by atoms with Crippen LogP contribution in [0.5, 0.6) is 11.5 Å². The van der Waals surface area contributed by atoms with Crippen LogP contribution in [0.4, 0.5) is 0 Å². The molecule has 0 saturated heterocycles. The van der Waals surface area contributed by atoms with Crippen LogP contribution in [-0.2, 0) is 6.54 Å². The third-order valence-electron chi connectivity index (χ3n) is 2.21. The molecule has 0 heterocycles. The molecule has 1 aromatic carbocycles. The minimum absolute atomic E-state index is 0.432. The first-order valence-electron chi connectivity index (χ1n) is 5.25. The Bertz CT molecular complexity index is 346. The van der Waals surface area contributed by atoms with Crippen molar-refractivity contribution in [3.63, 3.8) is 0 Å². The molecule has 0 aliphatic rings. The molecule has 0 spiro atoms. The zero-order chi connectivity index (χ0) is 11.8. The van der Waals surface area contributed by atoms with E-state index in [0.29, 0.717) is 25.3 Å². The first-order valence-corrected chi connectivity index (χ1v) is 5.25. The smallest absolute Gasteiger partial charge is 0.165 e. The summed E-state index contributed by atoms with van der Waals surface area (Å²) in [5.74, 6) is 4.01. The van der Waals surface area contributed by atoms with Gasteiger partial charge in [0.15, 0.2) is 11.5 Å². The van der Waals surface area contributed by atoms with Crippen molar-refractivity contribution >= 4 is 0 Å². The summed E-state index contributed by atoms with van der Waals surface area (Å²) in [4.78, 5) is 0. The molecule has 0 amide bonds. The number of unbranched alkanes of at least 4 members (excludes halogenated alkanes) is 1. The summed E-state index contributed by atoms with van der Waals surface area (Å²) in [6.07, 6.45) is 6.72. The van der Waals surface area contributed by atoms with Gasteiger partial charge >= 0.3 is 0 Å². The summed E-state index contributed by atoms with van der Waals surface area (Å²) in [5, 5.41) is 0. The molecule has 0 unspecified atom stereocenters. The molecular weight excluding hydrogens is 202 g/mol. The van der Waals surface area contributed by atoms with E-state index in [9.17, 15) is 0 Å². The van der Waals surface area contributed by atoms with Gasteiger partial charge in [-0.15, -0.1) is 12.3 Å². The number of hydrogen-bond donors (Lipinski definition) is 1. The van der Waals surface area contributed by atoms with Crippen LogP contribution < -0.4 is 15.2 Å². The van der Waals surface area contributed by atoms with Crippen molar-refractivity contribution in [1.82, 2.24) is 0 Å². The predicted molar refractivity (Wildman–Crippen MR) is 64.4 cm³/mol. The van der Waals surface area contributed by atoms with Gasteiger partial charge in [-0.3, -0.25) is 0 Å². The first-order chi connectivity index (χ1) is 7.83. The van der Waals surface area contributed by atoms with E-state index in [4.69, 9.17) is 21.6 Å². The van der Waals surface area contributed by atoms with Crippen LogP contribution in [0.15, 0.2) is 18.2 Å². The highest BCUT2D eigenvalue weighted by molar-refractivity contribution is 5.46. The highest BCUT2D eigenvalue weighted by Crippen LogP contribution is 2.30. The largest absolute Gasteiger partial charge is 0.493 e. The fourth-order valence-corrected chi connectivity index (χ4v) is 1.40. The lowest BCUT2D eigenvalue weighted by Gasteiger charge is -2.13. The zero-order valence-corrected chi connectivity index (χ0v) is 9.53. The second kappa shape index (κ2) is 6.76. The number of benzene rings is 1. The van der Waals surface area contributed by atoms with Crippen molar-refractivity contribution in [3.8, 4) is 23.8 Å². The van der Waals surface area contributed by atoms with Crippen LogP contribution in [0.1, 0.15) is 18.4 Å². The Morgan fingerprint density at radius 1 is 1.44 bits per heavy atom. The van der Waals surface area contributed by atoms with Crippen LogP contribution in [0, 0.1) is 12.3 Å². The number of terminal acetylenes is 1. The maximum absolute atomic E-state index is 5.65. The van der Waals surface area contributed by atoms with Crippen molar-refractivity contribution in [3.05, 3.63) is 23.8 Å². The van der Waals surface area contributed by atoms with Gasteiger partial charge in [0.25, 0.3) is 0 Å². The molecule has 1 aromatic rings. The maximum atomic E-state index is 5.65. The van der Waals surface area contributed by atoms with E-state index in [1.807, 2.05) is 18.2 Å². The SMILES string of the molecule is C#CCCCOc1c(CN)cccc1OC. The second-order valence-electron chi connectivity index (χ2n) is 3.31. The average Bonchev–Trinajstić information content (AvgIpc) is 2.34. The van der Waals surface area contributed by atoms with E-state index in [1.54, 1.807) is 7.11 Å². The topological polar surface area (TPSA) is 44.5 Å². The standard InChI is InChI=1S/C13H17NO2/c1-3-4-5-9-16-13-11(10-14)7-6-8-12(13)15-2/h1,6-8H,4-5,9-10,14H2,2H3. The molecule has 0 saturated carbocycles. The van der Waals surface area contributed by atoms with Gasteiger partial charge in [0.2, 0.25) is 0 Å². The van der Waals surface area contributed by atoms with E-state index in [1.165, 1.54) is 0 Å². The highest BCUT2D eigenvalue weighted by atomic mass is 16.5. The Hall–Kier alpha value is -1.66. The molecule has 0 atom stereocenters. The predicted octanol–water partition coefficient (Wildman–Crippen LogP) is 1.95. The van der Waals surface area contributed by atoms with Crippen molar-refractivity contribution in [2.24, 2.45) is 5.73 Å². The molecule has 1 rings (SSSR count). The van der Waals surface area contributed by atoms with Gasteiger partial charge in [0.05, 0.1) is 13.7 Å². The van der Waals surface area contributed by atoms with Gasteiger partial charge < -0.3 is 15.2 Å². The second-order valence-corrected chi connectivity index (χ2v) is 3.31. The quantitative estimate of drug-likeness (QED) is 0.587. The van der Waals surface area contributed by atoms with Crippen LogP contribution >= 0.6 is 0 Å². The molecule has 0 radical (unpaired) electrons. The molecule has 0 aliphatic heterocycles. The van der Waals surface area contributed by atoms with E-state index in [-0.39, 0.29) is 0 Å². The first kappa shape index (κ1) is 12.4. The third kappa shape index (κ3) is 3.18. The summed E-state index contributed by atoms with van der Waals surface area (Å²) in [6, 6.07) is 5.68. The van der Waals surface area contributed by atoms with Crippen molar-refractivity contribution in [1.29, 1.82) is 0 Å². The molecule has 0 aromatic heterocycles. The average molecular weight is 219 g/mol. The van der Waals surface area contributed by atoms with Gasteiger partial charge in [-0.05, 0) is 12.5 Å². The number of para-hydroxylation sites is 1. The summed E-state index contributed by atoms with van der Waals surface area (Å²) in [6.45, 7) is 1.01. The fourth-order valence-electron chi connectivity index (χ4n) is 1.40. The van der Waals surface area contributed by atoms with Gasteiger partial charge in [-0.2, -0.15) is 0 Å². The minimum Gasteiger partial charge on any atom is -0.493 e. The fraction of sp³-hybridized carbons (Fsp3) is 0.385. The molecule has 0 fully saturated rings. The van der Waals surface area contributed by atoms with Gasteiger partial charge in [0.1, 0.15) is 0 Å². The van der Waals surface area contributed by atoms with Crippen molar-refractivity contribution in [2.75, 3.05) is 13.7 Å². The molecule has 0 aliphatic carbocycles. The monoisotopic (exact) mass is 219 g/mol. The Morgan fingerprint density at radius 2 is 2.25 bits per heavy atom. The lowest BCUT2D eigenvalue weighted by Crippen LogP contribution is -2.05. The molecule has 2 N–H and O–H groups in total. The summed E-state index contributed by atoms with van der Waals surface area (Å²) in [5.41, 5.74) is 6.58. The Balaban J connectivity index is 2.71. The summed E-state index contributed by atoms with van der Waals surface area (Å²) < 4.78 is 10.9. The molecule has 86 valence electrons. The van der Waals surface area contributed by atoms with E-state index < -0.39 is 0 Å². The lowest BCUT2D eigenvalue weighted by atomic mass is 10.2. The summed E-state index contributed by atoms with van der Waals surface area (Å²) >= 11 is 0. The van der Waals surface area contributed by atoms with E-state index in [2.05, 4.69) is 5.92 Å². The Kier molecular flexibility index (Phi) is 5.24. The van der Waals surface area contributed by atoms with E-state index in [0.717, 1.165) is 17.7 Å². The Morgan fingerprint density at radius 3 is 2.88 bits per heavy atom. The zero-order valence-electron chi connectivity index (χ0n) is 9.53. The lowest BCUT2D eigenvalue weighted by molar-refractivity contribution is 0.288. The van der Waals surface area contributed by atoms with Crippen molar-refractivity contribution < 1.29 is 9.47 Å². The van der Waals surface area contributed by atoms with Crippen LogP contribution in [-0.4, -0.2) is 13.7 Å². The molecule has 0 bridgehead atoms. The van der Waals surface area contributed by atoms with Crippen molar-refractivity contribution in [2.45, 2.75) is 19.4 Å². The van der Waals surface area contributed by atoms with Gasteiger partial charge in [0, 0.05) is 18.5 Å². The number of ether oxygens (including phenoxy) is 2. The number of methoxy groups -OCH3 is 1. The minimum atomic E-state index is 0.432. The molecule has 3 heteroatoms. The maximum Gasteiger partial charge on any atom is 0.165 e. The number of nitrogens with two attached hydrogens (primary N) is 1. The third-order valence-corrected chi connectivity index (χ3v) is 2.21. The number of hydrogen-bond acceptors (Lipinski definition) is 3. The molecule has 3 nitrogen and oxygen atoms in total. The van der Waals surface area contributed by atoms with Gasteiger partial charge in [-0.25, -0.2) is 0 Å². The normalized spacial score (nSPS) is 9.56. The van der Waals surface area contributed by atoms with Gasteiger partial charge in [-0.1, -0.05) is 12.1 Å². The molecule has 16 heavy (non-hydrogen) atoms. The Labute approximate surface area is 96.6 Å².